The van der Waals surface area contributed by atoms with Crippen LogP contribution in [0.5, 0.6) is 0 Å². The lowest BCUT2D eigenvalue weighted by Gasteiger charge is -2.38. The monoisotopic (exact) mass is 438 g/mol. The van der Waals surface area contributed by atoms with Crippen molar-refractivity contribution in [2.45, 2.75) is 38.8 Å². The predicted octanol–water partition coefficient (Wildman–Crippen LogP) is 1.16. The molecular weight excluding hydrogens is 412 g/mol. The van der Waals surface area contributed by atoms with E-state index in [0.29, 0.717) is 38.8 Å². The van der Waals surface area contributed by atoms with Crippen LogP contribution in [0.4, 0.5) is 0 Å². The van der Waals surface area contributed by atoms with Crippen molar-refractivity contribution >= 4 is 27.7 Å². The zero-order valence-corrected chi connectivity index (χ0v) is 17.4. The van der Waals surface area contributed by atoms with Gasteiger partial charge in [0.1, 0.15) is 6.54 Å². The lowest BCUT2D eigenvalue weighted by Crippen LogP contribution is -2.53. The Labute approximate surface area is 168 Å². The van der Waals surface area contributed by atoms with Crippen molar-refractivity contribution in [1.29, 1.82) is 0 Å². The van der Waals surface area contributed by atoms with Gasteiger partial charge in [0.05, 0.1) is 6.54 Å². The molecule has 2 amide bonds. The van der Waals surface area contributed by atoms with Crippen LogP contribution >= 0.6 is 15.9 Å². The number of hydrogen-bond donors (Lipinski definition) is 0. The first-order valence-corrected chi connectivity index (χ1v) is 10.4. The zero-order chi connectivity index (χ0) is 19.4. The van der Waals surface area contributed by atoms with Gasteiger partial charge in [-0.1, -0.05) is 0 Å². The summed E-state index contributed by atoms with van der Waals surface area (Å²) in [6.07, 6.45) is 5.01. The smallest absolute Gasteiger partial charge is 0.251 e. The van der Waals surface area contributed by atoms with Crippen LogP contribution < -0.4 is 5.56 Å². The Morgan fingerprint density at radius 3 is 2.48 bits per heavy atom. The molecule has 1 unspecified atom stereocenters. The zero-order valence-electron chi connectivity index (χ0n) is 15.8. The molecule has 3 rings (SSSR count). The summed E-state index contributed by atoms with van der Waals surface area (Å²) in [5.41, 5.74) is -0.188. The van der Waals surface area contributed by atoms with Gasteiger partial charge in [-0.15, -0.1) is 0 Å². The molecule has 2 saturated heterocycles. The van der Waals surface area contributed by atoms with Crippen molar-refractivity contribution in [2.75, 3.05) is 39.3 Å². The molecule has 0 bridgehead atoms. The molecule has 0 spiro atoms. The van der Waals surface area contributed by atoms with Gasteiger partial charge in [0.25, 0.3) is 5.56 Å². The quantitative estimate of drug-likeness (QED) is 0.707. The summed E-state index contributed by atoms with van der Waals surface area (Å²) < 4.78 is 2.19. The first-order valence-electron chi connectivity index (χ1n) is 9.59. The molecule has 1 atom stereocenters. The molecule has 7 nitrogen and oxygen atoms in total. The number of aromatic nitrogens is 1. The van der Waals surface area contributed by atoms with Crippen molar-refractivity contribution in [3.63, 3.8) is 0 Å². The summed E-state index contributed by atoms with van der Waals surface area (Å²) in [6, 6.07) is 3.45. The number of carbonyl (C=O) groups excluding carboxylic acids is 2. The average Bonchev–Trinajstić information content (AvgIpc) is 2.65. The van der Waals surface area contributed by atoms with Crippen LogP contribution in [0.15, 0.2) is 27.6 Å². The van der Waals surface area contributed by atoms with E-state index in [1.807, 2.05) is 4.90 Å². The third kappa shape index (κ3) is 5.19. The second-order valence-electron chi connectivity index (χ2n) is 7.40. The number of carbonyl (C=O) groups is 2. The first kappa shape index (κ1) is 20.1. The van der Waals surface area contributed by atoms with E-state index in [2.05, 4.69) is 27.8 Å². The van der Waals surface area contributed by atoms with Gasteiger partial charge in [0.2, 0.25) is 11.8 Å². The molecule has 0 aliphatic carbocycles. The van der Waals surface area contributed by atoms with E-state index < -0.39 is 0 Å². The summed E-state index contributed by atoms with van der Waals surface area (Å²) in [6.45, 7) is 6.01. The Morgan fingerprint density at radius 2 is 1.78 bits per heavy atom. The summed E-state index contributed by atoms with van der Waals surface area (Å²) in [7, 11) is 0. The normalized spacial score (nSPS) is 21.3. The summed E-state index contributed by atoms with van der Waals surface area (Å²) in [4.78, 5) is 42.8. The van der Waals surface area contributed by atoms with Gasteiger partial charge in [0, 0.05) is 55.5 Å². The van der Waals surface area contributed by atoms with Gasteiger partial charge in [-0.05, 0) is 48.2 Å². The lowest BCUT2D eigenvalue weighted by atomic mass is 10.0. The molecule has 0 saturated carbocycles. The van der Waals surface area contributed by atoms with Gasteiger partial charge >= 0.3 is 0 Å². The van der Waals surface area contributed by atoms with Gasteiger partial charge in [-0.25, -0.2) is 0 Å². The summed E-state index contributed by atoms with van der Waals surface area (Å²) >= 11 is 3.32. The Bertz CT molecular complexity index is 743. The highest BCUT2D eigenvalue weighted by Crippen LogP contribution is 2.17. The number of pyridine rings is 1. The maximum Gasteiger partial charge on any atom is 0.251 e. The fourth-order valence-corrected chi connectivity index (χ4v) is 4.16. The van der Waals surface area contributed by atoms with Gasteiger partial charge in [-0.2, -0.15) is 0 Å². The number of hydrogen-bond acceptors (Lipinski definition) is 4. The molecule has 27 heavy (non-hydrogen) atoms. The SMILES string of the molecule is CC1CCCCN1C(=O)CN1CCN(C(=O)Cn2cc(Br)ccc2=O)CC1. The average molecular weight is 439 g/mol. The second kappa shape index (κ2) is 9.01. The molecule has 1 aromatic heterocycles. The third-order valence-corrected chi connectivity index (χ3v) is 5.93. The van der Waals surface area contributed by atoms with Crippen LogP contribution in [0, 0.1) is 0 Å². The first-order chi connectivity index (χ1) is 12.9. The molecule has 0 radical (unpaired) electrons. The van der Waals surface area contributed by atoms with E-state index in [9.17, 15) is 14.4 Å². The number of likely N-dealkylation sites (tertiary alicyclic amines) is 1. The summed E-state index contributed by atoms with van der Waals surface area (Å²) in [5.74, 6) is 0.133. The molecular formula is C19H27BrN4O3. The minimum atomic E-state index is -0.188. The molecule has 0 aromatic carbocycles. The maximum atomic E-state index is 12.6. The van der Waals surface area contributed by atoms with E-state index in [4.69, 9.17) is 0 Å². The fraction of sp³-hybridized carbons (Fsp3) is 0.632. The fourth-order valence-electron chi connectivity index (χ4n) is 3.78. The molecule has 1 aromatic rings. The van der Waals surface area contributed by atoms with Crippen LogP contribution in [0.25, 0.3) is 0 Å². The molecule has 8 heteroatoms. The maximum absolute atomic E-state index is 12.6. The molecule has 3 heterocycles. The van der Waals surface area contributed by atoms with Crippen molar-refractivity contribution in [2.24, 2.45) is 0 Å². The highest BCUT2D eigenvalue weighted by atomic mass is 79.9. The molecule has 148 valence electrons. The number of halogens is 1. The van der Waals surface area contributed by atoms with Crippen LogP contribution in [0.3, 0.4) is 0 Å². The Kier molecular flexibility index (Phi) is 6.70. The van der Waals surface area contributed by atoms with Crippen LogP contribution in [-0.2, 0) is 16.1 Å². The molecule has 0 N–H and O–H groups in total. The number of amides is 2. The molecule has 2 fully saturated rings. The van der Waals surface area contributed by atoms with Crippen molar-refractivity contribution in [1.82, 2.24) is 19.3 Å². The highest BCUT2D eigenvalue weighted by molar-refractivity contribution is 9.10. The Balaban J connectivity index is 1.48. The predicted molar refractivity (Wildman–Crippen MR) is 106 cm³/mol. The Morgan fingerprint density at radius 1 is 1.04 bits per heavy atom. The van der Waals surface area contributed by atoms with Crippen molar-refractivity contribution < 1.29 is 9.59 Å². The third-order valence-electron chi connectivity index (χ3n) is 5.46. The minimum absolute atomic E-state index is 0.0441. The largest absolute Gasteiger partial charge is 0.339 e. The van der Waals surface area contributed by atoms with Gasteiger partial charge in [-0.3, -0.25) is 19.3 Å². The van der Waals surface area contributed by atoms with Crippen molar-refractivity contribution in [3.8, 4) is 0 Å². The number of rotatable bonds is 4. The Hall–Kier alpha value is -1.67. The van der Waals surface area contributed by atoms with Crippen molar-refractivity contribution in [3.05, 3.63) is 33.2 Å². The molecule has 2 aliphatic rings. The molecule has 2 aliphatic heterocycles. The lowest BCUT2D eigenvalue weighted by molar-refractivity contribution is -0.137. The van der Waals surface area contributed by atoms with E-state index in [1.165, 1.54) is 17.1 Å². The van der Waals surface area contributed by atoms with E-state index in [-0.39, 0.29) is 23.9 Å². The van der Waals surface area contributed by atoms with Gasteiger partial charge in [0.15, 0.2) is 0 Å². The summed E-state index contributed by atoms with van der Waals surface area (Å²) in [5, 5.41) is 0. The van der Waals surface area contributed by atoms with E-state index in [1.54, 1.807) is 17.2 Å². The van der Waals surface area contributed by atoms with Crippen LogP contribution in [0.2, 0.25) is 0 Å². The van der Waals surface area contributed by atoms with E-state index in [0.717, 1.165) is 23.9 Å². The standard InChI is InChI=1S/C19H27BrN4O3/c1-15-4-2-3-7-24(15)19(27)13-21-8-10-22(11-9-21)18(26)14-23-12-16(20)5-6-17(23)25/h5-6,12,15H,2-4,7-11,13-14H2,1H3. The number of piperazine rings is 1. The second-order valence-corrected chi connectivity index (χ2v) is 8.32. The van der Waals surface area contributed by atoms with E-state index >= 15 is 0 Å². The minimum Gasteiger partial charge on any atom is -0.339 e. The highest BCUT2D eigenvalue weighted by Gasteiger charge is 2.27. The van der Waals surface area contributed by atoms with Crippen LogP contribution in [-0.4, -0.2) is 76.4 Å². The number of piperidine rings is 1. The number of nitrogens with zero attached hydrogens (tertiary/aromatic N) is 4. The topological polar surface area (TPSA) is 65.9 Å². The van der Waals surface area contributed by atoms with Gasteiger partial charge < -0.3 is 14.4 Å². The van der Waals surface area contributed by atoms with Crippen LogP contribution in [0.1, 0.15) is 26.2 Å².